The van der Waals surface area contributed by atoms with Gasteiger partial charge >= 0.3 is 0 Å². The molecular formula is C22H27N3O6S. The number of anilines is 1. The Balaban J connectivity index is 1.46. The number of hydrogen-bond donors (Lipinski definition) is 4. The van der Waals surface area contributed by atoms with Gasteiger partial charge in [-0.3, -0.25) is 9.52 Å². The Morgan fingerprint density at radius 2 is 1.78 bits per heavy atom. The first kappa shape index (κ1) is 23.6. The van der Waals surface area contributed by atoms with Gasteiger partial charge < -0.3 is 24.9 Å². The van der Waals surface area contributed by atoms with Gasteiger partial charge in [-0.15, -0.1) is 0 Å². The molecule has 0 aliphatic rings. The van der Waals surface area contributed by atoms with Crippen LogP contribution in [-0.4, -0.2) is 57.7 Å². The van der Waals surface area contributed by atoms with Crippen LogP contribution in [0.4, 0.5) is 5.69 Å². The number of rotatable bonds is 11. The van der Waals surface area contributed by atoms with E-state index in [9.17, 15) is 18.3 Å². The molecule has 1 atom stereocenters. The molecule has 0 saturated carbocycles. The highest BCUT2D eigenvalue weighted by molar-refractivity contribution is 7.92. The number of aliphatic hydroxyl groups excluding tert-OH is 1. The van der Waals surface area contributed by atoms with Crippen molar-refractivity contribution in [3.8, 4) is 11.5 Å². The number of hydrogen-bond acceptors (Lipinski definition) is 7. The summed E-state index contributed by atoms with van der Waals surface area (Å²) in [6.45, 7) is 1.07. The third-order valence-electron chi connectivity index (χ3n) is 4.70. The quantitative estimate of drug-likeness (QED) is 0.318. The van der Waals surface area contributed by atoms with Crippen molar-refractivity contribution in [1.82, 2.24) is 10.3 Å². The second-order valence-electron chi connectivity index (χ2n) is 7.37. The topological polar surface area (TPSA) is 130 Å². The van der Waals surface area contributed by atoms with Crippen LogP contribution in [0.3, 0.4) is 0 Å². The summed E-state index contributed by atoms with van der Waals surface area (Å²) in [5.41, 5.74) is 1.87. The lowest BCUT2D eigenvalue weighted by molar-refractivity contribution is 0.107. The normalized spacial score (nSPS) is 12.5. The number of ether oxygens (including phenoxy) is 2. The van der Waals surface area contributed by atoms with E-state index in [1.165, 1.54) is 13.2 Å². The van der Waals surface area contributed by atoms with Crippen molar-refractivity contribution in [2.45, 2.75) is 12.5 Å². The molecule has 0 amide bonds. The molecule has 1 aromatic heterocycles. The number of aromatic nitrogens is 1. The van der Waals surface area contributed by atoms with Gasteiger partial charge in [-0.2, -0.15) is 0 Å². The molecule has 4 N–H and O–H groups in total. The summed E-state index contributed by atoms with van der Waals surface area (Å²) in [7, 11) is -1.76. The van der Waals surface area contributed by atoms with Crippen LogP contribution in [0.2, 0.25) is 0 Å². The highest BCUT2D eigenvalue weighted by Gasteiger charge is 2.11. The number of H-pyrrole nitrogens is 1. The first-order valence-electron chi connectivity index (χ1n) is 10.0. The van der Waals surface area contributed by atoms with Gasteiger partial charge in [-0.05, 0) is 48.9 Å². The maximum atomic E-state index is 11.6. The van der Waals surface area contributed by atoms with Gasteiger partial charge in [0.25, 0.3) is 0 Å². The molecule has 0 aliphatic carbocycles. The summed E-state index contributed by atoms with van der Waals surface area (Å²) < 4.78 is 35.9. The monoisotopic (exact) mass is 461 g/mol. The number of benzene rings is 2. The minimum Gasteiger partial charge on any atom is -0.495 e. The van der Waals surface area contributed by atoms with Crippen molar-refractivity contribution in [3.05, 3.63) is 64.4 Å². The Morgan fingerprint density at radius 3 is 2.47 bits per heavy atom. The highest BCUT2D eigenvalue weighted by Crippen LogP contribution is 2.30. The fourth-order valence-corrected chi connectivity index (χ4v) is 3.76. The van der Waals surface area contributed by atoms with E-state index in [0.717, 1.165) is 18.2 Å². The number of aliphatic hydroxyl groups is 1. The molecule has 0 bridgehead atoms. The summed E-state index contributed by atoms with van der Waals surface area (Å²) in [5.74, 6) is 1.08. The van der Waals surface area contributed by atoms with E-state index in [1.54, 1.807) is 30.3 Å². The van der Waals surface area contributed by atoms with Gasteiger partial charge in [-0.1, -0.05) is 12.1 Å². The van der Waals surface area contributed by atoms with Gasteiger partial charge in [0.1, 0.15) is 24.2 Å². The van der Waals surface area contributed by atoms with Crippen molar-refractivity contribution in [2.75, 3.05) is 37.8 Å². The van der Waals surface area contributed by atoms with Crippen LogP contribution in [0.25, 0.3) is 10.9 Å². The summed E-state index contributed by atoms with van der Waals surface area (Å²) in [6, 6.07) is 13.7. The van der Waals surface area contributed by atoms with Crippen LogP contribution in [0.5, 0.6) is 11.5 Å². The molecular weight excluding hydrogens is 434 g/mol. The van der Waals surface area contributed by atoms with E-state index in [-0.39, 0.29) is 12.2 Å². The number of methoxy groups -OCH3 is 1. The standard InChI is InChI=1S/C22H27N3O6S/c1-30-20-9-8-19(18-7-10-21(27)24-22(18)20)31-14-17(26)13-23-12-11-15-3-5-16(6-4-15)25-32(2,28)29/h3-10,17,23,25-26H,11-14H2,1-2H3,(H,24,27). The minimum absolute atomic E-state index is 0.0828. The van der Waals surface area contributed by atoms with E-state index in [1.807, 2.05) is 12.1 Å². The molecule has 0 saturated heterocycles. The Morgan fingerprint density at radius 1 is 1.06 bits per heavy atom. The SMILES string of the molecule is COc1ccc(OCC(O)CNCCc2ccc(NS(C)(=O)=O)cc2)c2ccc(=O)[nH]c12. The Bertz CT molecular complexity index is 1210. The van der Waals surface area contributed by atoms with Crippen molar-refractivity contribution in [3.63, 3.8) is 0 Å². The fraction of sp³-hybridized carbons (Fsp3) is 0.318. The van der Waals surface area contributed by atoms with E-state index in [4.69, 9.17) is 9.47 Å². The number of pyridine rings is 1. The van der Waals surface area contributed by atoms with Crippen molar-refractivity contribution < 1.29 is 23.0 Å². The molecule has 0 fully saturated rings. The number of nitrogens with one attached hydrogen (secondary N) is 3. The second kappa shape index (κ2) is 10.5. The molecule has 3 rings (SSSR count). The Hall–Kier alpha value is -3.08. The van der Waals surface area contributed by atoms with E-state index in [0.29, 0.717) is 41.2 Å². The largest absolute Gasteiger partial charge is 0.495 e. The molecule has 0 radical (unpaired) electrons. The first-order valence-corrected chi connectivity index (χ1v) is 11.9. The molecule has 9 nitrogen and oxygen atoms in total. The van der Waals surface area contributed by atoms with Crippen molar-refractivity contribution in [1.29, 1.82) is 0 Å². The number of aromatic amines is 1. The molecule has 10 heteroatoms. The van der Waals surface area contributed by atoms with Crippen molar-refractivity contribution >= 4 is 26.6 Å². The van der Waals surface area contributed by atoms with Crippen LogP contribution in [0.1, 0.15) is 5.56 Å². The zero-order chi connectivity index (χ0) is 23.1. The molecule has 2 aromatic carbocycles. The summed E-state index contributed by atoms with van der Waals surface area (Å²) >= 11 is 0. The molecule has 172 valence electrons. The predicted molar refractivity (Wildman–Crippen MR) is 124 cm³/mol. The zero-order valence-electron chi connectivity index (χ0n) is 17.9. The Kier molecular flexibility index (Phi) is 7.73. The average molecular weight is 462 g/mol. The first-order chi connectivity index (χ1) is 15.2. The lowest BCUT2D eigenvalue weighted by Gasteiger charge is -2.15. The number of fused-ring (bicyclic) bond motifs is 1. The highest BCUT2D eigenvalue weighted by atomic mass is 32.2. The fourth-order valence-electron chi connectivity index (χ4n) is 3.19. The number of sulfonamides is 1. The summed E-state index contributed by atoms with van der Waals surface area (Å²) in [5, 5.41) is 14.1. The lowest BCUT2D eigenvalue weighted by atomic mass is 10.1. The van der Waals surface area contributed by atoms with Crippen molar-refractivity contribution in [2.24, 2.45) is 0 Å². The van der Waals surface area contributed by atoms with Crippen LogP contribution in [0, 0.1) is 0 Å². The molecule has 0 aliphatic heterocycles. The predicted octanol–water partition coefficient (Wildman–Crippen LogP) is 1.48. The third kappa shape index (κ3) is 6.71. The van der Waals surface area contributed by atoms with Crippen LogP contribution in [0.15, 0.2) is 53.3 Å². The van der Waals surface area contributed by atoms with E-state index >= 15 is 0 Å². The van der Waals surface area contributed by atoms with Gasteiger partial charge in [0.2, 0.25) is 15.6 Å². The van der Waals surface area contributed by atoms with Gasteiger partial charge in [-0.25, -0.2) is 8.42 Å². The van der Waals surface area contributed by atoms with Gasteiger partial charge in [0.15, 0.2) is 0 Å². The zero-order valence-corrected chi connectivity index (χ0v) is 18.7. The Labute approximate surface area is 186 Å². The summed E-state index contributed by atoms with van der Waals surface area (Å²) in [4.78, 5) is 14.4. The molecule has 32 heavy (non-hydrogen) atoms. The molecule has 3 aromatic rings. The van der Waals surface area contributed by atoms with E-state index < -0.39 is 16.1 Å². The van der Waals surface area contributed by atoms with Crippen LogP contribution < -0.4 is 25.1 Å². The second-order valence-corrected chi connectivity index (χ2v) is 9.12. The molecule has 1 heterocycles. The smallest absolute Gasteiger partial charge is 0.248 e. The third-order valence-corrected chi connectivity index (χ3v) is 5.30. The van der Waals surface area contributed by atoms with E-state index in [2.05, 4.69) is 15.0 Å². The van der Waals surface area contributed by atoms with Gasteiger partial charge in [0.05, 0.1) is 18.9 Å². The van der Waals surface area contributed by atoms with Crippen LogP contribution >= 0.6 is 0 Å². The van der Waals surface area contributed by atoms with Gasteiger partial charge in [0, 0.05) is 23.7 Å². The average Bonchev–Trinajstić information content (AvgIpc) is 2.75. The molecule has 1 unspecified atom stereocenters. The minimum atomic E-state index is -3.29. The molecule has 0 spiro atoms. The van der Waals surface area contributed by atoms with Crippen LogP contribution in [-0.2, 0) is 16.4 Å². The maximum absolute atomic E-state index is 11.6. The summed E-state index contributed by atoms with van der Waals surface area (Å²) in [6.07, 6.45) is 1.11. The maximum Gasteiger partial charge on any atom is 0.248 e. The lowest BCUT2D eigenvalue weighted by Crippen LogP contribution is -2.32.